The Kier molecular flexibility index (Phi) is 6.47. The van der Waals surface area contributed by atoms with Gasteiger partial charge < -0.3 is 15.6 Å². The molecule has 5 rings (SSSR count). The second-order valence-corrected chi connectivity index (χ2v) is 11.4. The van der Waals surface area contributed by atoms with E-state index in [1.165, 1.54) is 29.5 Å². The molecular weight excluding hydrogens is 534 g/mol. The number of rotatable bonds is 7. The molecule has 3 N–H and O–H groups in total. The molecule has 38 heavy (non-hydrogen) atoms. The minimum absolute atomic E-state index is 0.00432. The number of aromatic nitrogens is 5. The van der Waals surface area contributed by atoms with E-state index in [2.05, 4.69) is 35.6 Å². The number of fused-ring (bicyclic) bond motifs is 1. The van der Waals surface area contributed by atoms with Crippen molar-refractivity contribution in [1.29, 1.82) is 5.26 Å². The van der Waals surface area contributed by atoms with Gasteiger partial charge in [0, 0.05) is 29.0 Å². The number of halogens is 2. The number of imidazole rings is 1. The van der Waals surface area contributed by atoms with Gasteiger partial charge >= 0.3 is 0 Å². The highest BCUT2D eigenvalue weighted by Crippen LogP contribution is 2.35. The number of aromatic amines is 1. The summed E-state index contributed by atoms with van der Waals surface area (Å²) in [6.07, 6.45) is -0.0972. The molecule has 0 fully saturated rings. The monoisotopic (exact) mass is 552 g/mol. The summed E-state index contributed by atoms with van der Waals surface area (Å²) >= 11 is 1.43. The highest BCUT2D eigenvalue weighted by Gasteiger charge is 2.21. The van der Waals surface area contributed by atoms with E-state index in [4.69, 9.17) is 5.26 Å². The molecule has 0 unspecified atom stereocenters. The van der Waals surface area contributed by atoms with Gasteiger partial charge in [0.1, 0.15) is 33.9 Å². The normalized spacial score (nSPS) is 11.6. The zero-order valence-electron chi connectivity index (χ0n) is 19.8. The van der Waals surface area contributed by atoms with Crippen LogP contribution in [0.4, 0.5) is 31.8 Å². The van der Waals surface area contributed by atoms with E-state index in [-0.39, 0.29) is 38.9 Å². The number of aryl methyl sites for hydroxylation is 1. The van der Waals surface area contributed by atoms with E-state index in [1.807, 2.05) is 13.0 Å². The van der Waals surface area contributed by atoms with Crippen molar-refractivity contribution in [3.05, 3.63) is 65.1 Å². The van der Waals surface area contributed by atoms with Crippen LogP contribution >= 0.6 is 11.3 Å². The molecule has 0 aliphatic rings. The van der Waals surface area contributed by atoms with Gasteiger partial charge in [-0.1, -0.05) is 6.07 Å². The van der Waals surface area contributed by atoms with Crippen molar-refractivity contribution in [3.8, 4) is 16.6 Å². The van der Waals surface area contributed by atoms with Crippen molar-refractivity contribution in [1.82, 2.24) is 24.9 Å². The van der Waals surface area contributed by atoms with Gasteiger partial charge in [0.25, 0.3) is 6.43 Å². The number of nitrogens with one attached hydrogen (secondary N) is 3. The smallest absolute Gasteiger partial charge is 0.295 e. The maximum absolute atomic E-state index is 13.4. The van der Waals surface area contributed by atoms with Crippen LogP contribution in [0.5, 0.6) is 0 Å². The van der Waals surface area contributed by atoms with Crippen LogP contribution < -0.4 is 10.6 Å². The molecule has 0 bridgehead atoms. The summed E-state index contributed by atoms with van der Waals surface area (Å²) in [5, 5.41) is 15.7. The summed E-state index contributed by atoms with van der Waals surface area (Å²) in [7, 11) is -3.71. The summed E-state index contributed by atoms with van der Waals surface area (Å²) in [6.45, 7) is 1.90. The Bertz CT molecular complexity index is 1830. The van der Waals surface area contributed by atoms with Crippen molar-refractivity contribution < 1.29 is 17.2 Å². The summed E-state index contributed by atoms with van der Waals surface area (Å²) in [4.78, 5) is 20.2. The molecular formula is C24H18F2N8O2S2. The van der Waals surface area contributed by atoms with Crippen LogP contribution in [0.15, 0.2) is 53.6 Å². The fourth-order valence-electron chi connectivity index (χ4n) is 3.67. The predicted octanol–water partition coefficient (Wildman–Crippen LogP) is 5.48. The topological polar surface area (TPSA) is 149 Å². The highest BCUT2D eigenvalue weighted by molar-refractivity contribution is 7.90. The number of benzene rings is 1. The van der Waals surface area contributed by atoms with Gasteiger partial charge in [-0.3, -0.25) is 0 Å². The Balaban J connectivity index is 1.61. The lowest BCUT2D eigenvalue weighted by Gasteiger charge is -2.14. The van der Waals surface area contributed by atoms with Gasteiger partial charge in [-0.25, -0.2) is 37.1 Å². The first-order chi connectivity index (χ1) is 18.1. The summed E-state index contributed by atoms with van der Waals surface area (Å²) in [5.41, 5.74) is 1.36. The van der Waals surface area contributed by atoms with Crippen LogP contribution in [0.1, 0.15) is 22.8 Å². The first kappa shape index (κ1) is 25.2. The lowest BCUT2D eigenvalue weighted by Crippen LogP contribution is -2.05. The fourth-order valence-corrected chi connectivity index (χ4v) is 5.29. The molecule has 0 saturated carbocycles. The van der Waals surface area contributed by atoms with E-state index >= 15 is 0 Å². The molecule has 4 aromatic heterocycles. The number of hydrogen-bond acceptors (Lipinski definition) is 10. The van der Waals surface area contributed by atoms with Gasteiger partial charge in [-0.2, -0.15) is 5.26 Å². The molecule has 192 valence electrons. The zero-order chi connectivity index (χ0) is 27.0. The quantitative estimate of drug-likeness (QED) is 0.238. The number of hydrogen-bond donors (Lipinski definition) is 3. The number of nitrogens with zero attached hydrogens (tertiary/aromatic N) is 5. The van der Waals surface area contributed by atoms with Crippen LogP contribution in [0.2, 0.25) is 0 Å². The number of anilines is 4. The Morgan fingerprint density at radius 3 is 2.55 bits per heavy atom. The van der Waals surface area contributed by atoms with E-state index in [0.29, 0.717) is 16.4 Å². The average Bonchev–Trinajstić information content (AvgIpc) is 3.50. The molecule has 0 radical (unpaired) electrons. The molecule has 1 aromatic carbocycles. The van der Waals surface area contributed by atoms with E-state index in [1.54, 1.807) is 30.5 Å². The van der Waals surface area contributed by atoms with Gasteiger partial charge in [-0.05, 0) is 37.3 Å². The van der Waals surface area contributed by atoms with Gasteiger partial charge in [-0.15, -0.1) is 11.3 Å². The van der Waals surface area contributed by atoms with Crippen molar-refractivity contribution in [3.63, 3.8) is 0 Å². The Labute approximate surface area is 219 Å². The predicted molar refractivity (Wildman–Crippen MR) is 140 cm³/mol. The molecule has 0 aliphatic heterocycles. The number of H-pyrrole nitrogens is 1. The third kappa shape index (κ3) is 5.15. The standard InChI is InChI=1S/C24H18F2N8O2S2/c1-12-11-28-24(37-12)13-6-7-15(17(8-13)38(2,35)36)30-16-9-19(31-18-5-3-4-14(10-27)29-18)32-22-20(16)33-23(34-22)21(25)26/h3-9,11,21H,1-2H3,(H3,29,30,31,32,33,34). The molecule has 0 saturated heterocycles. The second kappa shape index (κ2) is 9.77. The van der Waals surface area contributed by atoms with E-state index in [0.717, 1.165) is 11.1 Å². The molecule has 0 aliphatic carbocycles. The molecule has 10 nitrogen and oxygen atoms in total. The largest absolute Gasteiger partial charge is 0.352 e. The number of nitriles is 1. The maximum atomic E-state index is 13.4. The van der Waals surface area contributed by atoms with Crippen molar-refractivity contribution in [2.75, 3.05) is 16.9 Å². The Morgan fingerprint density at radius 1 is 1.05 bits per heavy atom. The second-order valence-electron chi connectivity index (χ2n) is 8.20. The van der Waals surface area contributed by atoms with E-state index in [9.17, 15) is 17.2 Å². The van der Waals surface area contributed by atoms with Crippen LogP contribution in [0, 0.1) is 18.3 Å². The minimum Gasteiger partial charge on any atom is -0.352 e. The van der Waals surface area contributed by atoms with Gasteiger partial charge in [0.15, 0.2) is 21.3 Å². The SMILES string of the molecule is Cc1cnc(-c2ccc(Nc3cc(Nc4cccc(C#N)n4)nc4[nH]c(C(F)F)nc34)c(S(C)(=O)=O)c2)s1. The maximum Gasteiger partial charge on any atom is 0.295 e. The number of alkyl halides is 2. The molecule has 5 aromatic rings. The summed E-state index contributed by atoms with van der Waals surface area (Å²) < 4.78 is 52.3. The van der Waals surface area contributed by atoms with Crippen molar-refractivity contribution in [2.24, 2.45) is 0 Å². The number of pyridine rings is 2. The van der Waals surface area contributed by atoms with Gasteiger partial charge in [0.05, 0.1) is 16.3 Å². The molecule has 0 atom stereocenters. The summed E-state index contributed by atoms with van der Waals surface area (Å²) in [5.74, 6) is -0.0895. The molecule has 14 heteroatoms. The third-order valence-electron chi connectivity index (χ3n) is 5.32. The average molecular weight is 553 g/mol. The Hall–Kier alpha value is -4.48. The van der Waals surface area contributed by atoms with Crippen LogP contribution in [0.25, 0.3) is 21.7 Å². The van der Waals surface area contributed by atoms with Crippen LogP contribution in [-0.4, -0.2) is 39.6 Å². The lowest BCUT2D eigenvalue weighted by atomic mass is 10.2. The van der Waals surface area contributed by atoms with E-state index < -0.39 is 22.1 Å². The Morgan fingerprint density at radius 2 is 1.87 bits per heavy atom. The zero-order valence-corrected chi connectivity index (χ0v) is 21.5. The number of sulfone groups is 1. The van der Waals surface area contributed by atoms with Gasteiger partial charge in [0.2, 0.25) is 0 Å². The van der Waals surface area contributed by atoms with Crippen LogP contribution in [0.3, 0.4) is 0 Å². The molecule has 4 heterocycles. The molecule has 0 amide bonds. The number of thiazole rings is 1. The van der Waals surface area contributed by atoms with Crippen molar-refractivity contribution in [2.45, 2.75) is 18.2 Å². The first-order valence-corrected chi connectivity index (χ1v) is 13.7. The lowest BCUT2D eigenvalue weighted by molar-refractivity contribution is 0.142. The third-order valence-corrected chi connectivity index (χ3v) is 7.42. The highest BCUT2D eigenvalue weighted by atomic mass is 32.2. The summed E-state index contributed by atoms with van der Waals surface area (Å²) in [6, 6.07) is 13.0. The first-order valence-electron chi connectivity index (χ1n) is 11.0. The minimum atomic E-state index is -3.71. The van der Waals surface area contributed by atoms with Crippen molar-refractivity contribution >= 4 is 55.3 Å². The molecule has 0 spiro atoms. The fraction of sp³-hybridized carbons (Fsp3) is 0.125. The van der Waals surface area contributed by atoms with Crippen LogP contribution in [-0.2, 0) is 9.84 Å².